The molecule has 0 aliphatic heterocycles. The zero-order valence-electron chi connectivity index (χ0n) is 7.90. The number of nitrogens with zero attached hydrogens (tertiary/aromatic N) is 2. The SMILES string of the molecule is CC(CC1CC1)Nc1ncccn1. The fourth-order valence-corrected chi connectivity index (χ4v) is 1.51. The molecule has 1 N–H and O–H groups in total. The van der Waals surface area contributed by atoms with Crippen molar-refractivity contribution < 1.29 is 0 Å². The first-order chi connectivity index (χ1) is 6.34. The van der Waals surface area contributed by atoms with Crippen molar-refractivity contribution in [3.05, 3.63) is 18.5 Å². The molecule has 70 valence electrons. The summed E-state index contributed by atoms with van der Waals surface area (Å²) in [5.74, 6) is 1.70. The van der Waals surface area contributed by atoms with Gasteiger partial charge >= 0.3 is 0 Å². The van der Waals surface area contributed by atoms with E-state index in [4.69, 9.17) is 0 Å². The molecule has 1 aliphatic carbocycles. The van der Waals surface area contributed by atoms with E-state index in [2.05, 4.69) is 22.2 Å². The van der Waals surface area contributed by atoms with E-state index >= 15 is 0 Å². The van der Waals surface area contributed by atoms with Gasteiger partial charge in [-0.15, -0.1) is 0 Å². The predicted molar refractivity (Wildman–Crippen MR) is 52.5 cm³/mol. The third-order valence-electron chi connectivity index (χ3n) is 2.33. The molecule has 0 spiro atoms. The average molecular weight is 177 g/mol. The maximum Gasteiger partial charge on any atom is 0.222 e. The Morgan fingerprint density at radius 1 is 1.46 bits per heavy atom. The normalized spacial score (nSPS) is 18.2. The Morgan fingerprint density at radius 2 is 2.15 bits per heavy atom. The summed E-state index contributed by atoms with van der Waals surface area (Å²) in [6.45, 7) is 2.19. The van der Waals surface area contributed by atoms with E-state index in [0.717, 1.165) is 11.9 Å². The Labute approximate surface area is 78.6 Å². The summed E-state index contributed by atoms with van der Waals surface area (Å²) < 4.78 is 0. The minimum absolute atomic E-state index is 0.495. The number of hydrogen-bond acceptors (Lipinski definition) is 3. The van der Waals surface area contributed by atoms with Crippen LogP contribution in [0.1, 0.15) is 26.2 Å². The molecule has 1 atom stereocenters. The summed E-state index contributed by atoms with van der Waals surface area (Å²) in [4.78, 5) is 8.25. The molecule has 1 saturated carbocycles. The van der Waals surface area contributed by atoms with Crippen LogP contribution >= 0.6 is 0 Å². The molecular formula is C10H15N3. The number of aromatic nitrogens is 2. The summed E-state index contributed by atoms with van der Waals surface area (Å²) in [6.07, 6.45) is 7.58. The van der Waals surface area contributed by atoms with Crippen molar-refractivity contribution in [1.82, 2.24) is 9.97 Å². The van der Waals surface area contributed by atoms with E-state index in [0.29, 0.717) is 6.04 Å². The molecule has 13 heavy (non-hydrogen) atoms. The van der Waals surface area contributed by atoms with Gasteiger partial charge in [0.15, 0.2) is 0 Å². The first-order valence-corrected chi connectivity index (χ1v) is 4.88. The molecule has 2 rings (SSSR count). The quantitative estimate of drug-likeness (QED) is 0.765. The summed E-state index contributed by atoms with van der Waals surface area (Å²) in [7, 11) is 0. The van der Waals surface area contributed by atoms with Gasteiger partial charge in [-0.05, 0) is 25.3 Å². The monoisotopic (exact) mass is 177 g/mol. The van der Waals surface area contributed by atoms with Gasteiger partial charge in [-0.3, -0.25) is 0 Å². The molecule has 0 radical (unpaired) electrons. The summed E-state index contributed by atoms with van der Waals surface area (Å²) in [6, 6.07) is 2.33. The van der Waals surface area contributed by atoms with Crippen molar-refractivity contribution in [3.63, 3.8) is 0 Å². The maximum absolute atomic E-state index is 4.12. The average Bonchev–Trinajstić information content (AvgIpc) is 2.90. The molecule has 0 aromatic carbocycles. The molecular weight excluding hydrogens is 162 g/mol. The molecule has 0 saturated heterocycles. The second kappa shape index (κ2) is 3.73. The van der Waals surface area contributed by atoms with Gasteiger partial charge in [0, 0.05) is 18.4 Å². The highest BCUT2D eigenvalue weighted by Crippen LogP contribution is 2.33. The van der Waals surface area contributed by atoms with Crippen molar-refractivity contribution in [2.75, 3.05) is 5.32 Å². The van der Waals surface area contributed by atoms with Crippen LogP contribution in [0.5, 0.6) is 0 Å². The number of rotatable bonds is 4. The largest absolute Gasteiger partial charge is 0.352 e. The van der Waals surface area contributed by atoms with Crippen LogP contribution in [0.25, 0.3) is 0 Å². The number of nitrogens with one attached hydrogen (secondary N) is 1. The Hall–Kier alpha value is -1.12. The smallest absolute Gasteiger partial charge is 0.222 e. The van der Waals surface area contributed by atoms with Crippen LogP contribution in [-0.4, -0.2) is 16.0 Å². The van der Waals surface area contributed by atoms with Crippen LogP contribution in [0.2, 0.25) is 0 Å². The maximum atomic E-state index is 4.12. The highest BCUT2D eigenvalue weighted by atomic mass is 15.1. The van der Waals surface area contributed by atoms with Crippen LogP contribution in [0.3, 0.4) is 0 Å². The van der Waals surface area contributed by atoms with Gasteiger partial charge in [-0.2, -0.15) is 0 Å². The van der Waals surface area contributed by atoms with E-state index in [1.807, 2.05) is 6.07 Å². The van der Waals surface area contributed by atoms with Gasteiger partial charge < -0.3 is 5.32 Å². The van der Waals surface area contributed by atoms with Gasteiger partial charge in [0.25, 0.3) is 0 Å². The minimum Gasteiger partial charge on any atom is -0.352 e. The zero-order valence-corrected chi connectivity index (χ0v) is 7.90. The summed E-state index contributed by atoms with van der Waals surface area (Å²) in [5, 5.41) is 3.29. The Bertz CT molecular complexity index is 256. The van der Waals surface area contributed by atoms with E-state index in [9.17, 15) is 0 Å². The lowest BCUT2D eigenvalue weighted by Crippen LogP contribution is -2.17. The fraction of sp³-hybridized carbons (Fsp3) is 0.600. The minimum atomic E-state index is 0.495. The van der Waals surface area contributed by atoms with Gasteiger partial charge in [-0.25, -0.2) is 9.97 Å². The summed E-state index contributed by atoms with van der Waals surface area (Å²) >= 11 is 0. The first-order valence-electron chi connectivity index (χ1n) is 4.88. The van der Waals surface area contributed by atoms with Crippen molar-refractivity contribution >= 4 is 5.95 Å². The highest BCUT2D eigenvalue weighted by Gasteiger charge is 2.23. The predicted octanol–water partition coefficient (Wildman–Crippen LogP) is 2.08. The van der Waals surface area contributed by atoms with Crippen LogP contribution in [-0.2, 0) is 0 Å². The molecule has 3 heteroatoms. The fourth-order valence-electron chi connectivity index (χ4n) is 1.51. The molecule has 1 heterocycles. The molecule has 1 fully saturated rings. The topological polar surface area (TPSA) is 37.8 Å². The number of anilines is 1. The van der Waals surface area contributed by atoms with Crippen molar-refractivity contribution in [2.45, 2.75) is 32.2 Å². The molecule has 1 aromatic rings. The Balaban J connectivity index is 1.82. The van der Waals surface area contributed by atoms with E-state index < -0.39 is 0 Å². The Morgan fingerprint density at radius 3 is 2.77 bits per heavy atom. The van der Waals surface area contributed by atoms with E-state index in [-0.39, 0.29) is 0 Å². The molecule has 1 aliphatic rings. The molecule has 1 unspecified atom stereocenters. The van der Waals surface area contributed by atoms with Crippen LogP contribution < -0.4 is 5.32 Å². The first kappa shape index (κ1) is 8.48. The Kier molecular flexibility index (Phi) is 2.43. The van der Waals surface area contributed by atoms with Crippen LogP contribution in [0.4, 0.5) is 5.95 Å². The third kappa shape index (κ3) is 2.68. The standard InChI is InChI=1S/C10H15N3/c1-8(7-9-3-4-9)13-10-11-5-2-6-12-10/h2,5-6,8-9H,3-4,7H2,1H3,(H,11,12,13). The van der Waals surface area contributed by atoms with Crippen molar-refractivity contribution in [1.29, 1.82) is 0 Å². The van der Waals surface area contributed by atoms with Gasteiger partial charge in [0.2, 0.25) is 5.95 Å². The number of hydrogen-bond donors (Lipinski definition) is 1. The van der Waals surface area contributed by atoms with Gasteiger partial charge in [0.05, 0.1) is 0 Å². The third-order valence-corrected chi connectivity index (χ3v) is 2.33. The van der Waals surface area contributed by atoms with Crippen LogP contribution in [0, 0.1) is 5.92 Å². The van der Waals surface area contributed by atoms with Gasteiger partial charge in [-0.1, -0.05) is 12.8 Å². The zero-order chi connectivity index (χ0) is 9.10. The van der Waals surface area contributed by atoms with Crippen molar-refractivity contribution in [3.8, 4) is 0 Å². The summed E-state index contributed by atoms with van der Waals surface area (Å²) in [5.41, 5.74) is 0. The van der Waals surface area contributed by atoms with Crippen molar-refractivity contribution in [2.24, 2.45) is 5.92 Å². The van der Waals surface area contributed by atoms with E-state index in [1.165, 1.54) is 19.3 Å². The second-order valence-electron chi connectivity index (χ2n) is 3.80. The van der Waals surface area contributed by atoms with Crippen LogP contribution in [0.15, 0.2) is 18.5 Å². The lowest BCUT2D eigenvalue weighted by atomic mass is 10.2. The molecule has 3 nitrogen and oxygen atoms in total. The molecule has 0 bridgehead atoms. The molecule has 1 aromatic heterocycles. The van der Waals surface area contributed by atoms with Gasteiger partial charge in [0.1, 0.15) is 0 Å². The van der Waals surface area contributed by atoms with E-state index in [1.54, 1.807) is 12.4 Å². The highest BCUT2D eigenvalue weighted by molar-refractivity contribution is 5.23. The lowest BCUT2D eigenvalue weighted by molar-refractivity contribution is 0.637. The lowest BCUT2D eigenvalue weighted by Gasteiger charge is -2.12. The molecule has 0 amide bonds. The second-order valence-corrected chi connectivity index (χ2v) is 3.80.